The fraction of sp³-hybridized carbons (Fsp3) is 0.417. The van der Waals surface area contributed by atoms with Crippen LogP contribution in [0.1, 0.15) is 12.2 Å². The first-order valence-electron chi connectivity index (χ1n) is 5.57. The Kier molecular flexibility index (Phi) is 4.45. The summed E-state index contributed by atoms with van der Waals surface area (Å²) >= 11 is 7.52. The number of nitrogens with zero attached hydrogens (tertiary/aromatic N) is 2. The molecular weight excluding hydrogens is 278 g/mol. The Balaban J connectivity index is 2.49. The lowest BCUT2D eigenvalue weighted by atomic mass is 10.3. The molecule has 1 heterocycles. The van der Waals surface area contributed by atoms with Crippen LogP contribution in [0.5, 0.6) is 0 Å². The molecule has 0 N–H and O–H groups in total. The minimum absolute atomic E-state index is 0.189. The Morgan fingerprint density at radius 2 is 2.17 bits per heavy atom. The van der Waals surface area contributed by atoms with E-state index in [-0.39, 0.29) is 11.4 Å². The zero-order chi connectivity index (χ0) is 13.1. The Morgan fingerprint density at radius 1 is 1.39 bits per heavy atom. The van der Waals surface area contributed by atoms with Gasteiger partial charge in [0, 0.05) is 6.54 Å². The van der Waals surface area contributed by atoms with E-state index in [0.717, 1.165) is 18.2 Å². The highest BCUT2D eigenvalue weighted by Gasteiger charge is 2.16. The second kappa shape index (κ2) is 5.89. The number of aryl methyl sites for hydroxylation is 1. The molecule has 2 nitrogen and oxygen atoms in total. The van der Waals surface area contributed by atoms with Gasteiger partial charge in [-0.05, 0) is 30.6 Å². The van der Waals surface area contributed by atoms with Gasteiger partial charge in [0.25, 0.3) is 0 Å². The molecule has 0 bridgehead atoms. The predicted octanol–water partition coefficient (Wildman–Crippen LogP) is 3.81. The first-order valence-corrected chi connectivity index (χ1v) is 7.50. The smallest absolute Gasteiger partial charge is 0.184 e. The van der Waals surface area contributed by atoms with Gasteiger partial charge in [0.1, 0.15) is 11.3 Å². The van der Waals surface area contributed by atoms with Crippen LogP contribution in [0.4, 0.5) is 8.78 Å². The minimum atomic E-state index is -0.852. The standard InChI is InChI=1S/C12H13ClF2N2S/c1-18-6-2-5-17-10(7-13)16-9-4-3-8(14)11(15)12(9)17/h3-4H,2,5-7H2,1H3. The maximum Gasteiger partial charge on any atom is 0.184 e. The molecule has 2 aromatic rings. The summed E-state index contributed by atoms with van der Waals surface area (Å²) in [6.07, 6.45) is 2.88. The van der Waals surface area contributed by atoms with Gasteiger partial charge in [-0.2, -0.15) is 11.8 Å². The first-order chi connectivity index (χ1) is 8.69. The topological polar surface area (TPSA) is 17.8 Å². The second-order valence-electron chi connectivity index (χ2n) is 3.89. The van der Waals surface area contributed by atoms with Crippen LogP contribution in [-0.4, -0.2) is 21.6 Å². The summed E-state index contributed by atoms with van der Waals surface area (Å²) in [6, 6.07) is 2.57. The Labute approximate surface area is 113 Å². The molecule has 0 atom stereocenters. The van der Waals surface area contributed by atoms with Crippen molar-refractivity contribution in [3.63, 3.8) is 0 Å². The predicted molar refractivity (Wildman–Crippen MR) is 72.2 cm³/mol. The summed E-state index contributed by atoms with van der Waals surface area (Å²) < 4.78 is 28.8. The van der Waals surface area contributed by atoms with Gasteiger partial charge in [0.15, 0.2) is 11.6 Å². The van der Waals surface area contributed by atoms with E-state index in [4.69, 9.17) is 11.6 Å². The van der Waals surface area contributed by atoms with Crippen LogP contribution in [-0.2, 0) is 12.4 Å². The average molecular weight is 291 g/mol. The molecule has 1 aromatic heterocycles. The zero-order valence-corrected chi connectivity index (χ0v) is 11.5. The Hall–Kier alpha value is -0.810. The van der Waals surface area contributed by atoms with Crippen molar-refractivity contribution in [2.45, 2.75) is 18.8 Å². The van der Waals surface area contributed by atoms with E-state index in [1.807, 2.05) is 6.26 Å². The van der Waals surface area contributed by atoms with Crippen molar-refractivity contribution >= 4 is 34.4 Å². The van der Waals surface area contributed by atoms with Crippen molar-refractivity contribution < 1.29 is 8.78 Å². The molecule has 0 aliphatic rings. The van der Waals surface area contributed by atoms with E-state index >= 15 is 0 Å². The van der Waals surface area contributed by atoms with E-state index in [0.29, 0.717) is 17.9 Å². The van der Waals surface area contributed by atoms with Gasteiger partial charge < -0.3 is 4.57 Å². The molecule has 0 aliphatic carbocycles. The molecule has 0 spiro atoms. The molecular formula is C12H13ClF2N2S. The number of fused-ring (bicyclic) bond motifs is 1. The highest BCUT2D eigenvalue weighted by Crippen LogP contribution is 2.23. The third-order valence-electron chi connectivity index (χ3n) is 2.73. The van der Waals surface area contributed by atoms with Crippen LogP contribution in [0.3, 0.4) is 0 Å². The molecule has 0 radical (unpaired) electrons. The van der Waals surface area contributed by atoms with Crippen LogP contribution < -0.4 is 0 Å². The molecule has 0 unspecified atom stereocenters. The molecule has 1 aromatic carbocycles. The Morgan fingerprint density at radius 3 is 2.83 bits per heavy atom. The number of hydrogen-bond donors (Lipinski definition) is 0. The number of thioether (sulfide) groups is 1. The van der Waals surface area contributed by atoms with Gasteiger partial charge >= 0.3 is 0 Å². The number of imidazole rings is 1. The van der Waals surface area contributed by atoms with Crippen LogP contribution in [0, 0.1) is 11.6 Å². The SMILES string of the molecule is CSCCCn1c(CCl)nc2ccc(F)c(F)c21. The molecule has 0 amide bonds. The van der Waals surface area contributed by atoms with Gasteiger partial charge in [-0.1, -0.05) is 0 Å². The number of alkyl halides is 1. The van der Waals surface area contributed by atoms with Crippen LogP contribution in [0.15, 0.2) is 12.1 Å². The number of rotatable bonds is 5. The van der Waals surface area contributed by atoms with Crippen LogP contribution in [0.25, 0.3) is 11.0 Å². The van der Waals surface area contributed by atoms with Gasteiger partial charge in [0.2, 0.25) is 0 Å². The molecule has 0 fully saturated rings. The quantitative estimate of drug-likeness (QED) is 0.616. The largest absolute Gasteiger partial charge is 0.324 e. The minimum Gasteiger partial charge on any atom is -0.324 e. The fourth-order valence-electron chi connectivity index (χ4n) is 1.92. The summed E-state index contributed by atoms with van der Waals surface area (Å²) in [5.41, 5.74) is 0.667. The van der Waals surface area contributed by atoms with E-state index in [1.54, 1.807) is 16.3 Å². The van der Waals surface area contributed by atoms with Crippen molar-refractivity contribution in [3.8, 4) is 0 Å². The summed E-state index contributed by atoms with van der Waals surface area (Å²) in [5, 5.41) is 0. The van der Waals surface area contributed by atoms with E-state index in [9.17, 15) is 8.78 Å². The number of hydrogen-bond acceptors (Lipinski definition) is 2. The second-order valence-corrected chi connectivity index (χ2v) is 5.14. The van der Waals surface area contributed by atoms with Gasteiger partial charge in [-0.25, -0.2) is 13.8 Å². The molecule has 98 valence electrons. The van der Waals surface area contributed by atoms with Crippen molar-refractivity contribution in [2.24, 2.45) is 0 Å². The van der Waals surface area contributed by atoms with Crippen molar-refractivity contribution in [1.29, 1.82) is 0 Å². The highest BCUT2D eigenvalue weighted by atomic mass is 35.5. The molecule has 0 aliphatic heterocycles. The normalized spacial score (nSPS) is 11.3. The lowest BCUT2D eigenvalue weighted by Gasteiger charge is -2.07. The van der Waals surface area contributed by atoms with E-state index in [2.05, 4.69) is 4.98 Å². The third kappa shape index (κ3) is 2.47. The summed E-state index contributed by atoms with van der Waals surface area (Å²) in [5.74, 6) is 0.0280. The molecule has 0 saturated carbocycles. The number of halogens is 3. The fourth-order valence-corrected chi connectivity index (χ4v) is 2.54. The molecule has 18 heavy (non-hydrogen) atoms. The zero-order valence-electron chi connectivity index (χ0n) is 9.92. The Bertz CT molecular complexity index is 556. The van der Waals surface area contributed by atoms with Crippen LogP contribution in [0.2, 0.25) is 0 Å². The average Bonchev–Trinajstić information content (AvgIpc) is 2.73. The van der Waals surface area contributed by atoms with Crippen molar-refractivity contribution in [3.05, 3.63) is 29.6 Å². The first kappa shape index (κ1) is 13.6. The lowest BCUT2D eigenvalue weighted by Crippen LogP contribution is -2.05. The van der Waals surface area contributed by atoms with Crippen LogP contribution >= 0.6 is 23.4 Å². The van der Waals surface area contributed by atoms with Crippen molar-refractivity contribution in [1.82, 2.24) is 9.55 Å². The van der Waals surface area contributed by atoms with Gasteiger partial charge in [-0.3, -0.25) is 0 Å². The summed E-state index contributed by atoms with van der Waals surface area (Å²) in [4.78, 5) is 4.23. The molecule has 2 rings (SSSR count). The summed E-state index contributed by atoms with van der Waals surface area (Å²) in [6.45, 7) is 0.597. The monoisotopic (exact) mass is 290 g/mol. The maximum atomic E-state index is 13.8. The number of aromatic nitrogens is 2. The third-order valence-corrected chi connectivity index (χ3v) is 3.66. The maximum absolute atomic E-state index is 13.8. The number of benzene rings is 1. The van der Waals surface area contributed by atoms with Gasteiger partial charge in [-0.15, -0.1) is 11.6 Å². The summed E-state index contributed by atoms with van der Waals surface area (Å²) in [7, 11) is 0. The van der Waals surface area contributed by atoms with Crippen molar-refractivity contribution in [2.75, 3.05) is 12.0 Å². The molecule has 6 heteroatoms. The lowest BCUT2D eigenvalue weighted by molar-refractivity contribution is 0.510. The highest BCUT2D eigenvalue weighted by molar-refractivity contribution is 7.98. The van der Waals surface area contributed by atoms with Gasteiger partial charge in [0.05, 0.1) is 11.4 Å². The van der Waals surface area contributed by atoms with E-state index in [1.165, 1.54) is 6.07 Å². The van der Waals surface area contributed by atoms with E-state index < -0.39 is 11.6 Å². The molecule has 0 saturated heterocycles.